The summed E-state index contributed by atoms with van der Waals surface area (Å²) in [7, 11) is 0. The number of benzene rings is 2. The minimum Gasteiger partial charge on any atom is -0.405 e. The number of aromatic nitrogens is 2. The van der Waals surface area contributed by atoms with Gasteiger partial charge in [-0.2, -0.15) is 5.10 Å². The topological polar surface area (TPSA) is 69.9 Å². The van der Waals surface area contributed by atoms with E-state index in [-0.39, 0.29) is 0 Å². The van der Waals surface area contributed by atoms with Crippen LogP contribution in [0.3, 0.4) is 0 Å². The smallest absolute Gasteiger partial charge is 0.0651 e. The lowest BCUT2D eigenvalue weighted by Gasteiger charge is -2.08. The first-order chi connectivity index (χ1) is 10.7. The molecule has 0 aliphatic heterocycles. The zero-order valence-corrected chi connectivity index (χ0v) is 12.4. The molecule has 4 heteroatoms. The monoisotopic (exact) mass is 290 g/mol. The van der Waals surface area contributed by atoms with Crippen molar-refractivity contribution in [2.24, 2.45) is 5.73 Å². The van der Waals surface area contributed by atoms with E-state index < -0.39 is 0 Å². The van der Waals surface area contributed by atoms with Crippen LogP contribution in [0, 0.1) is 6.92 Å². The van der Waals surface area contributed by atoms with E-state index >= 15 is 0 Å². The van der Waals surface area contributed by atoms with E-state index in [2.05, 4.69) is 17.2 Å². The SMILES string of the molecule is Cc1ccn(-c2cccc(-c3ccc(N)c(/C=C\N)c3)c2)n1. The maximum absolute atomic E-state index is 5.96. The van der Waals surface area contributed by atoms with Gasteiger partial charge in [0.1, 0.15) is 0 Å². The Morgan fingerprint density at radius 3 is 2.59 bits per heavy atom. The summed E-state index contributed by atoms with van der Waals surface area (Å²) >= 11 is 0. The van der Waals surface area contributed by atoms with Gasteiger partial charge in [0.25, 0.3) is 0 Å². The van der Waals surface area contributed by atoms with Gasteiger partial charge in [0.15, 0.2) is 0 Å². The minimum absolute atomic E-state index is 0.712. The number of rotatable bonds is 3. The molecular formula is C18H18N4. The molecule has 0 aliphatic rings. The Hall–Kier alpha value is -3.01. The predicted molar refractivity (Wildman–Crippen MR) is 91.4 cm³/mol. The van der Waals surface area contributed by atoms with Gasteiger partial charge in [-0.05, 0) is 66.2 Å². The van der Waals surface area contributed by atoms with Crippen molar-refractivity contribution in [3.8, 4) is 16.8 Å². The second-order valence-corrected chi connectivity index (χ2v) is 5.15. The summed E-state index contributed by atoms with van der Waals surface area (Å²) in [5.41, 5.74) is 17.3. The Labute approximate surface area is 129 Å². The first kappa shape index (κ1) is 13.9. The van der Waals surface area contributed by atoms with Crippen LogP contribution in [0.25, 0.3) is 22.9 Å². The molecule has 1 heterocycles. The molecule has 0 atom stereocenters. The lowest BCUT2D eigenvalue weighted by molar-refractivity contribution is 0.863. The van der Waals surface area contributed by atoms with Crippen molar-refractivity contribution in [2.75, 3.05) is 5.73 Å². The number of nitrogens with zero attached hydrogens (tertiary/aromatic N) is 2. The molecule has 4 nitrogen and oxygen atoms in total. The highest BCUT2D eigenvalue weighted by molar-refractivity contribution is 5.74. The van der Waals surface area contributed by atoms with Gasteiger partial charge >= 0.3 is 0 Å². The van der Waals surface area contributed by atoms with Crippen LogP contribution in [0.4, 0.5) is 5.69 Å². The molecule has 1 aromatic heterocycles. The van der Waals surface area contributed by atoms with Crippen molar-refractivity contribution in [3.05, 3.63) is 72.2 Å². The number of nitrogens with two attached hydrogens (primary N) is 2. The first-order valence-corrected chi connectivity index (χ1v) is 7.08. The van der Waals surface area contributed by atoms with Crippen molar-refractivity contribution in [1.29, 1.82) is 0 Å². The van der Waals surface area contributed by atoms with Crippen molar-refractivity contribution >= 4 is 11.8 Å². The van der Waals surface area contributed by atoms with Gasteiger partial charge in [-0.15, -0.1) is 0 Å². The zero-order chi connectivity index (χ0) is 15.5. The molecule has 0 radical (unpaired) electrons. The third-order valence-electron chi connectivity index (χ3n) is 3.53. The molecule has 2 aromatic carbocycles. The zero-order valence-electron chi connectivity index (χ0n) is 12.4. The Morgan fingerprint density at radius 2 is 1.86 bits per heavy atom. The molecule has 3 rings (SSSR count). The molecule has 110 valence electrons. The van der Waals surface area contributed by atoms with E-state index in [0.717, 1.165) is 28.1 Å². The summed E-state index contributed by atoms with van der Waals surface area (Å²) in [6, 6.07) is 16.2. The van der Waals surface area contributed by atoms with Gasteiger partial charge in [-0.3, -0.25) is 0 Å². The van der Waals surface area contributed by atoms with Crippen LogP contribution < -0.4 is 11.5 Å². The molecule has 0 saturated heterocycles. The number of hydrogen-bond acceptors (Lipinski definition) is 3. The van der Waals surface area contributed by atoms with E-state index in [1.54, 1.807) is 6.08 Å². The van der Waals surface area contributed by atoms with Crippen LogP contribution in [0.2, 0.25) is 0 Å². The first-order valence-electron chi connectivity index (χ1n) is 7.08. The Morgan fingerprint density at radius 1 is 1.05 bits per heavy atom. The fraction of sp³-hybridized carbons (Fsp3) is 0.0556. The third kappa shape index (κ3) is 2.72. The van der Waals surface area contributed by atoms with Crippen LogP contribution in [-0.4, -0.2) is 9.78 Å². The number of aryl methyl sites for hydroxylation is 1. The average Bonchev–Trinajstić information content (AvgIpc) is 2.96. The fourth-order valence-electron chi connectivity index (χ4n) is 2.39. The van der Waals surface area contributed by atoms with Crippen molar-refractivity contribution in [3.63, 3.8) is 0 Å². The van der Waals surface area contributed by atoms with Crippen molar-refractivity contribution in [2.45, 2.75) is 6.92 Å². The van der Waals surface area contributed by atoms with E-state index in [9.17, 15) is 0 Å². The predicted octanol–water partition coefficient (Wildman–Crippen LogP) is 3.36. The van der Waals surface area contributed by atoms with Gasteiger partial charge in [0.2, 0.25) is 0 Å². The lowest BCUT2D eigenvalue weighted by Crippen LogP contribution is -1.95. The number of nitrogen functional groups attached to an aromatic ring is 1. The largest absolute Gasteiger partial charge is 0.405 e. The van der Waals surface area contributed by atoms with E-state index in [4.69, 9.17) is 11.5 Å². The number of anilines is 1. The highest BCUT2D eigenvalue weighted by Gasteiger charge is 2.04. The Bertz CT molecular complexity index is 831. The van der Waals surface area contributed by atoms with E-state index in [0.29, 0.717) is 5.69 Å². The second-order valence-electron chi connectivity index (χ2n) is 5.15. The molecule has 3 aromatic rings. The fourth-order valence-corrected chi connectivity index (χ4v) is 2.39. The van der Waals surface area contributed by atoms with Crippen LogP contribution >= 0.6 is 0 Å². The van der Waals surface area contributed by atoms with Gasteiger partial charge in [-0.25, -0.2) is 4.68 Å². The second kappa shape index (κ2) is 5.77. The van der Waals surface area contributed by atoms with Gasteiger partial charge in [0.05, 0.1) is 11.4 Å². The van der Waals surface area contributed by atoms with Crippen LogP contribution in [0.15, 0.2) is 60.9 Å². The molecule has 0 aliphatic carbocycles. The Kier molecular flexibility index (Phi) is 3.66. The summed E-state index contributed by atoms with van der Waals surface area (Å²) in [6.45, 7) is 1.98. The quantitative estimate of drug-likeness (QED) is 0.727. The van der Waals surface area contributed by atoms with Crippen molar-refractivity contribution < 1.29 is 0 Å². The highest BCUT2D eigenvalue weighted by atomic mass is 15.3. The summed E-state index contributed by atoms with van der Waals surface area (Å²) in [6.07, 6.45) is 5.26. The molecular weight excluding hydrogens is 272 g/mol. The van der Waals surface area contributed by atoms with Gasteiger partial charge < -0.3 is 11.5 Å². The van der Waals surface area contributed by atoms with Gasteiger partial charge in [-0.1, -0.05) is 18.2 Å². The maximum atomic E-state index is 5.96. The minimum atomic E-state index is 0.712. The summed E-state index contributed by atoms with van der Waals surface area (Å²) < 4.78 is 1.87. The Balaban J connectivity index is 2.04. The lowest BCUT2D eigenvalue weighted by atomic mass is 10.0. The molecule has 0 spiro atoms. The highest BCUT2D eigenvalue weighted by Crippen LogP contribution is 2.26. The van der Waals surface area contributed by atoms with Crippen molar-refractivity contribution in [1.82, 2.24) is 9.78 Å². The molecule has 22 heavy (non-hydrogen) atoms. The molecule has 0 bridgehead atoms. The average molecular weight is 290 g/mol. The van der Waals surface area contributed by atoms with Crippen LogP contribution in [0.5, 0.6) is 0 Å². The number of hydrogen-bond donors (Lipinski definition) is 2. The summed E-state index contributed by atoms with van der Waals surface area (Å²) in [5, 5.41) is 4.45. The molecule has 0 fully saturated rings. The van der Waals surface area contributed by atoms with E-state index in [1.165, 1.54) is 6.20 Å². The van der Waals surface area contributed by atoms with E-state index in [1.807, 2.05) is 54.2 Å². The van der Waals surface area contributed by atoms with Crippen LogP contribution in [0.1, 0.15) is 11.3 Å². The third-order valence-corrected chi connectivity index (χ3v) is 3.53. The molecule has 0 amide bonds. The van der Waals surface area contributed by atoms with Gasteiger partial charge in [0, 0.05) is 11.9 Å². The molecule has 4 N–H and O–H groups in total. The van der Waals surface area contributed by atoms with Crippen LogP contribution in [-0.2, 0) is 0 Å². The molecule has 0 unspecified atom stereocenters. The maximum Gasteiger partial charge on any atom is 0.0651 e. The summed E-state index contributed by atoms with van der Waals surface area (Å²) in [4.78, 5) is 0. The normalized spacial score (nSPS) is 11.1. The molecule has 0 saturated carbocycles. The summed E-state index contributed by atoms with van der Waals surface area (Å²) in [5.74, 6) is 0. The standard InChI is InChI=1S/C18H18N4/c1-13-8-10-22(21-13)17-4-2-3-14(12-17)15-5-6-18(20)16(11-15)7-9-19/h2-12H,19-20H2,1H3/b9-7-.